The number of nitrogens with zero attached hydrogens (tertiary/aromatic N) is 4. The highest BCUT2D eigenvalue weighted by Gasteiger charge is 2.24. The molecule has 0 aliphatic rings. The van der Waals surface area contributed by atoms with E-state index in [0.717, 1.165) is 5.56 Å². The Hall–Kier alpha value is -3.88. The average molecular weight is 410 g/mol. The molecular weight excluding hydrogens is 388 g/mol. The minimum Gasteiger partial charge on any atom is -0.539 e. The molecule has 9 heteroatoms. The Labute approximate surface area is 173 Å². The number of hydrogen-bond donors (Lipinski definition) is 1. The maximum Gasteiger partial charge on any atom is 0.323 e. The number of benzene rings is 2. The van der Waals surface area contributed by atoms with Crippen LogP contribution >= 0.6 is 0 Å². The van der Waals surface area contributed by atoms with Crippen LogP contribution in [0.1, 0.15) is 11.3 Å². The van der Waals surface area contributed by atoms with Crippen LogP contribution in [0.3, 0.4) is 0 Å². The smallest absolute Gasteiger partial charge is 0.323 e. The number of aryl methyl sites for hydroxylation is 1. The number of carbonyl (C=O) groups is 2. The largest absolute Gasteiger partial charge is 0.539 e. The summed E-state index contributed by atoms with van der Waals surface area (Å²) in [4.78, 5) is 27.5. The molecule has 0 bridgehead atoms. The highest BCUT2D eigenvalue weighted by atomic mass is 16.6. The van der Waals surface area contributed by atoms with E-state index in [0.29, 0.717) is 5.69 Å². The summed E-state index contributed by atoms with van der Waals surface area (Å²) in [6.07, 6.45) is 0. The molecule has 0 unspecified atom stereocenters. The lowest BCUT2D eigenvalue weighted by Crippen LogP contribution is -2.44. The summed E-state index contributed by atoms with van der Waals surface area (Å²) in [5.41, 5.74) is 1.72. The van der Waals surface area contributed by atoms with E-state index in [1.54, 1.807) is 31.3 Å². The van der Waals surface area contributed by atoms with E-state index < -0.39 is 11.9 Å². The predicted molar refractivity (Wildman–Crippen MR) is 104 cm³/mol. The van der Waals surface area contributed by atoms with Crippen LogP contribution in [0.15, 0.2) is 65.2 Å². The van der Waals surface area contributed by atoms with Crippen LogP contribution in [0.4, 0.5) is 5.69 Å². The van der Waals surface area contributed by atoms with Crippen molar-refractivity contribution in [3.05, 3.63) is 71.9 Å². The number of anilines is 1. The first-order valence-electron chi connectivity index (χ1n) is 9.29. The monoisotopic (exact) mass is 410 g/mol. The van der Waals surface area contributed by atoms with E-state index in [4.69, 9.17) is 0 Å². The fourth-order valence-corrected chi connectivity index (χ4v) is 3.02. The number of aliphatic carboxylic acids is 1. The lowest BCUT2D eigenvalue weighted by atomic mass is 10.2. The molecule has 0 fully saturated rings. The van der Waals surface area contributed by atoms with Gasteiger partial charge in [0.2, 0.25) is 5.91 Å². The van der Waals surface area contributed by atoms with Gasteiger partial charge >= 0.3 is 5.97 Å². The van der Waals surface area contributed by atoms with Crippen molar-refractivity contribution in [1.82, 2.24) is 10.2 Å². The highest BCUT2D eigenvalue weighted by molar-refractivity contribution is 5.84. The van der Waals surface area contributed by atoms with Crippen molar-refractivity contribution in [2.45, 2.75) is 13.1 Å². The van der Waals surface area contributed by atoms with E-state index in [2.05, 4.69) is 9.79 Å². The molecule has 156 valence electrons. The van der Waals surface area contributed by atoms with E-state index >= 15 is 0 Å². The van der Waals surface area contributed by atoms with Crippen LogP contribution in [-0.4, -0.2) is 40.2 Å². The predicted octanol–water partition coefficient (Wildman–Crippen LogP) is 0.693. The quantitative estimate of drug-likeness (QED) is 0.516. The van der Waals surface area contributed by atoms with Crippen molar-refractivity contribution < 1.29 is 29.0 Å². The number of para-hydroxylation sites is 1. The van der Waals surface area contributed by atoms with E-state index in [-0.39, 0.29) is 37.8 Å². The molecule has 3 aromatic rings. The van der Waals surface area contributed by atoms with Crippen LogP contribution < -0.4 is 14.7 Å². The lowest BCUT2D eigenvalue weighted by molar-refractivity contribution is -0.747. The fraction of sp³-hybridized carbons (Fsp3) is 0.238. The third kappa shape index (κ3) is 5.34. The van der Waals surface area contributed by atoms with E-state index in [9.17, 15) is 19.8 Å². The Bertz CT molecular complexity index is 972. The first-order chi connectivity index (χ1) is 14.4. The number of hydrogen-bond acceptors (Lipinski definition) is 6. The molecule has 3 rings (SSSR count). The van der Waals surface area contributed by atoms with Gasteiger partial charge in [-0.1, -0.05) is 53.2 Å². The molecule has 0 saturated heterocycles. The van der Waals surface area contributed by atoms with Crippen LogP contribution in [-0.2, 0) is 29.7 Å². The minimum absolute atomic E-state index is 0.0116. The molecule has 0 aliphatic heterocycles. The number of carboxylic acid groups (broad SMARTS) is 1. The zero-order valence-electron chi connectivity index (χ0n) is 16.5. The van der Waals surface area contributed by atoms with E-state index in [1.807, 2.05) is 36.4 Å². The molecule has 9 nitrogen and oxygen atoms in total. The lowest BCUT2D eigenvalue weighted by Gasteiger charge is -2.27. The maximum atomic E-state index is 13.2. The van der Waals surface area contributed by atoms with Gasteiger partial charge < -0.3 is 24.5 Å². The molecule has 0 aliphatic carbocycles. The molecule has 1 aromatic heterocycles. The number of carboxylic acids is 1. The van der Waals surface area contributed by atoms with Crippen LogP contribution in [0.5, 0.6) is 5.95 Å². The Morgan fingerprint density at radius 1 is 1.03 bits per heavy atom. The summed E-state index contributed by atoms with van der Waals surface area (Å²) >= 11 is 0. The molecule has 0 atom stereocenters. The molecule has 0 spiro atoms. The fourth-order valence-electron chi connectivity index (χ4n) is 3.02. The number of amides is 1. The number of rotatable bonds is 9. The van der Waals surface area contributed by atoms with Crippen LogP contribution in [0.2, 0.25) is 0 Å². The Balaban J connectivity index is 1.85. The molecule has 2 aromatic carbocycles. The van der Waals surface area contributed by atoms with Crippen LogP contribution in [0.25, 0.3) is 0 Å². The Morgan fingerprint density at radius 2 is 1.67 bits per heavy atom. The van der Waals surface area contributed by atoms with Gasteiger partial charge in [-0.05, 0) is 17.7 Å². The van der Waals surface area contributed by atoms with Crippen molar-refractivity contribution in [2.75, 3.05) is 18.0 Å². The summed E-state index contributed by atoms with van der Waals surface area (Å²) in [5, 5.41) is 24.8. The zero-order chi connectivity index (χ0) is 21.5. The van der Waals surface area contributed by atoms with Crippen molar-refractivity contribution in [3.63, 3.8) is 0 Å². The number of carbonyl (C=O) groups excluding carboxylic acids is 1. The first kappa shape index (κ1) is 20.8. The van der Waals surface area contributed by atoms with Gasteiger partial charge in [0.1, 0.15) is 13.1 Å². The molecule has 1 N–H and O–H groups in total. The standard InChI is InChI=1S/C21H22N4O5/c1-23-18(21(29)30-22-23)13-25(12-16-8-4-2-5-9-16)19(26)14-24(15-20(27)28)17-10-6-3-7-11-17/h2-11H,12-15H2,1H3,(H-,22,27,28,29). The van der Waals surface area contributed by atoms with Crippen molar-refractivity contribution >= 4 is 17.6 Å². The summed E-state index contributed by atoms with van der Waals surface area (Å²) in [5.74, 6) is -1.99. The van der Waals surface area contributed by atoms with Gasteiger partial charge in [-0.15, -0.1) is 0 Å². The van der Waals surface area contributed by atoms with Gasteiger partial charge in [-0.2, -0.15) is 0 Å². The maximum absolute atomic E-state index is 13.2. The van der Waals surface area contributed by atoms with Crippen LogP contribution in [0, 0.1) is 0 Å². The average Bonchev–Trinajstić information content (AvgIpc) is 3.06. The van der Waals surface area contributed by atoms with Gasteiger partial charge in [0.05, 0.1) is 11.8 Å². The Kier molecular flexibility index (Phi) is 6.63. The zero-order valence-corrected chi connectivity index (χ0v) is 16.5. The van der Waals surface area contributed by atoms with Crippen molar-refractivity contribution in [3.8, 4) is 5.95 Å². The molecule has 0 radical (unpaired) electrons. The topological polar surface area (TPSA) is 114 Å². The molecule has 1 amide bonds. The summed E-state index contributed by atoms with van der Waals surface area (Å²) < 4.78 is 5.95. The molecule has 0 saturated carbocycles. The van der Waals surface area contributed by atoms with Gasteiger partial charge in [0.25, 0.3) is 5.69 Å². The van der Waals surface area contributed by atoms with Crippen molar-refractivity contribution in [2.24, 2.45) is 7.05 Å². The second-order valence-electron chi connectivity index (χ2n) is 6.75. The minimum atomic E-state index is -1.05. The molecule has 1 heterocycles. The summed E-state index contributed by atoms with van der Waals surface area (Å²) in [6.45, 7) is -0.253. The highest BCUT2D eigenvalue weighted by Crippen LogP contribution is 2.17. The van der Waals surface area contributed by atoms with E-state index in [1.165, 1.54) is 14.5 Å². The Morgan fingerprint density at radius 3 is 2.23 bits per heavy atom. The summed E-state index contributed by atoms with van der Waals surface area (Å²) in [6, 6.07) is 18.2. The first-order valence-corrected chi connectivity index (χ1v) is 9.29. The normalized spacial score (nSPS) is 10.6. The summed E-state index contributed by atoms with van der Waals surface area (Å²) in [7, 11) is 1.56. The molecule has 30 heavy (non-hydrogen) atoms. The van der Waals surface area contributed by atoms with Gasteiger partial charge in [0.15, 0.2) is 13.0 Å². The second-order valence-corrected chi connectivity index (χ2v) is 6.75. The van der Waals surface area contributed by atoms with Gasteiger partial charge in [0, 0.05) is 12.2 Å². The van der Waals surface area contributed by atoms with Crippen molar-refractivity contribution in [1.29, 1.82) is 0 Å². The second kappa shape index (κ2) is 9.55. The van der Waals surface area contributed by atoms with Gasteiger partial charge in [-0.25, -0.2) is 0 Å². The third-order valence-corrected chi connectivity index (χ3v) is 4.56. The SMILES string of the molecule is C[n+]1noc([O-])c1CN(Cc1ccccc1)C(=O)CN(CC(=O)O)c1ccccc1. The van der Waals surface area contributed by atoms with Gasteiger partial charge in [-0.3, -0.25) is 9.59 Å². The molecular formula is C21H22N4O5. The third-order valence-electron chi connectivity index (χ3n) is 4.56. The number of aromatic nitrogens is 2.